The van der Waals surface area contributed by atoms with Crippen LogP contribution in [0.5, 0.6) is 0 Å². The molecule has 24 heavy (non-hydrogen) atoms. The number of amides is 1. The van der Waals surface area contributed by atoms with E-state index in [1.807, 2.05) is 11.8 Å². The van der Waals surface area contributed by atoms with E-state index in [0.29, 0.717) is 13.0 Å². The smallest absolute Gasteiger partial charge is 0.224 e. The van der Waals surface area contributed by atoms with Gasteiger partial charge in [-0.05, 0) is 26.9 Å². The summed E-state index contributed by atoms with van der Waals surface area (Å²) in [6.07, 6.45) is 3.33. The van der Waals surface area contributed by atoms with Crippen LogP contribution in [0.3, 0.4) is 0 Å². The number of likely N-dealkylation sites (N-methyl/N-ethyl adjacent to an activating group) is 1. The normalized spacial score (nSPS) is 24.1. The number of ether oxygens (including phenoxy) is 1. The van der Waals surface area contributed by atoms with E-state index in [4.69, 9.17) is 4.74 Å². The number of rotatable bonds is 4. The van der Waals surface area contributed by atoms with Gasteiger partial charge in [-0.3, -0.25) is 9.69 Å². The largest absolute Gasteiger partial charge is 0.378 e. The Morgan fingerprint density at radius 2 is 2.21 bits per heavy atom. The van der Waals surface area contributed by atoms with Gasteiger partial charge in [-0.25, -0.2) is 4.98 Å². The summed E-state index contributed by atoms with van der Waals surface area (Å²) in [7, 11) is 2.12. The van der Waals surface area contributed by atoms with Gasteiger partial charge in [-0.2, -0.15) is 0 Å². The number of aromatic amines is 1. The Labute approximate surface area is 144 Å². The van der Waals surface area contributed by atoms with Crippen LogP contribution in [-0.4, -0.2) is 89.6 Å². The van der Waals surface area contributed by atoms with Crippen molar-refractivity contribution in [3.8, 4) is 0 Å². The van der Waals surface area contributed by atoms with Crippen LogP contribution in [0.2, 0.25) is 0 Å². The summed E-state index contributed by atoms with van der Waals surface area (Å²) in [5.41, 5.74) is 2.16. The summed E-state index contributed by atoms with van der Waals surface area (Å²) in [6, 6.07) is 0.142. The molecule has 1 aromatic heterocycles. The van der Waals surface area contributed by atoms with E-state index >= 15 is 0 Å². The quantitative estimate of drug-likeness (QED) is 0.867. The first-order valence-electron chi connectivity index (χ1n) is 8.90. The molecular weight excluding hydrogens is 306 g/mol. The van der Waals surface area contributed by atoms with Gasteiger partial charge in [0.2, 0.25) is 5.91 Å². The molecule has 3 rings (SSSR count). The number of carbonyl (C=O) groups is 1. The monoisotopic (exact) mass is 335 g/mol. The Bertz CT molecular complexity index is 547. The highest BCUT2D eigenvalue weighted by atomic mass is 16.5. The molecule has 1 atom stereocenters. The lowest BCUT2D eigenvalue weighted by molar-refractivity contribution is -0.134. The maximum Gasteiger partial charge on any atom is 0.224 e. The van der Waals surface area contributed by atoms with Gasteiger partial charge in [0, 0.05) is 50.9 Å². The first-order chi connectivity index (χ1) is 11.6. The summed E-state index contributed by atoms with van der Waals surface area (Å²) >= 11 is 0. The number of hydrogen-bond donors (Lipinski definition) is 1. The number of hydrogen-bond acceptors (Lipinski definition) is 5. The molecule has 0 aromatic carbocycles. The third kappa shape index (κ3) is 4.34. The topological polar surface area (TPSA) is 64.7 Å². The second-order valence-corrected chi connectivity index (χ2v) is 6.92. The zero-order valence-electron chi connectivity index (χ0n) is 14.8. The fraction of sp³-hybridized carbons (Fsp3) is 0.765. The van der Waals surface area contributed by atoms with Crippen LogP contribution in [0.15, 0.2) is 6.33 Å². The Hall–Kier alpha value is -1.44. The zero-order chi connectivity index (χ0) is 16.9. The molecule has 0 spiro atoms. The molecule has 0 saturated carbocycles. The maximum absolute atomic E-state index is 12.7. The standard InChI is InChI=1S/C17H29N5O2/c1-14-16(19-13-18-14)11-22-8-9-24-12-15(22)10-17(23)21-5-3-4-20(2)6-7-21/h13,15H,3-12H2,1-2H3,(H,18,19)/t15-/m0/s1. The third-order valence-electron chi connectivity index (χ3n) is 5.12. The third-order valence-corrected chi connectivity index (χ3v) is 5.12. The molecule has 1 aromatic rings. The highest BCUT2D eigenvalue weighted by Crippen LogP contribution is 2.17. The first kappa shape index (κ1) is 17.4. The van der Waals surface area contributed by atoms with Crippen LogP contribution in [0.4, 0.5) is 0 Å². The van der Waals surface area contributed by atoms with Crippen LogP contribution >= 0.6 is 0 Å². The van der Waals surface area contributed by atoms with E-state index in [1.54, 1.807) is 6.33 Å². The molecule has 1 amide bonds. The number of aromatic nitrogens is 2. The molecule has 1 N–H and O–H groups in total. The van der Waals surface area contributed by atoms with Crippen LogP contribution < -0.4 is 0 Å². The highest BCUT2D eigenvalue weighted by Gasteiger charge is 2.28. The van der Waals surface area contributed by atoms with Gasteiger partial charge in [-0.1, -0.05) is 0 Å². The van der Waals surface area contributed by atoms with Gasteiger partial charge in [0.05, 0.1) is 25.2 Å². The van der Waals surface area contributed by atoms with Crippen LogP contribution in [-0.2, 0) is 16.1 Å². The predicted octanol–water partition coefficient (Wildman–Crippen LogP) is 0.473. The maximum atomic E-state index is 12.7. The number of nitrogens with zero attached hydrogens (tertiary/aromatic N) is 4. The fourth-order valence-electron chi connectivity index (χ4n) is 3.45. The first-order valence-corrected chi connectivity index (χ1v) is 8.90. The molecule has 2 saturated heterocycles. The Kier molecular flexibility index (Phi) is 5.86. The minimum Gasteiger partial charge on any atom is -0.378 e. The number of H-pyrrole nitrogens is 1. The molecule has 7 nitrogen and oxygen atoms in total. The number of nitrogens with one attached hydrogen (secondary N) is 1. The molecular formula is C17H29N5O2. The van der Waals surface area contributed by atoms with Gasteiger partial charge in [0.15, 0.2) is 0 Å². The molecule has 0 bridgehead atoms. The second kappa shape index (κ2) is 8.09. The van der Waals surface area contributed by atoms with Crippen LogP contribution in [0, 0.1) is 6.92 Å². The van der Waals surface area contributed by atoms with Gasteiger partial charge in [0.1, 0.15) is 0 Å². The van der Waals surface area contributed by atoms with E-state index < -0.39 is 0 Å². The molecule has 0 unspecified atom stereocenters. The van der Waals surface area contributed by atoms with Crippen molar-refractivity contribution >= 4 is 5.91 Å². The summed E-state index contributed by atoms with van der Waals surface area (Å²) < 4.78 is 5.64. The van der Waals surface area contributed by atoms with Crippen molar-refractivity contribution in [1.29, 1.82) is 0 Å². The van der Waals surface area contributed by atoms with Crippen LogP contribution in [0.25, 0.3) is 0 Å². The Balaban J connectivity index is 1.58. The zero-order valence-corrected chi connectivity index (χ0v) is 14.8. The predicted molar refractivity (Wildman–Crippen MR) is 91.7 cm³/mol. The highest BCUT2D eigenvalue weighted by molar-refractivity contribution is 5.76. The molecule has 0 radical (unpaired) electrons. The van der Waals surface area contributed by atoms with Crippen LogP contribution in [0.1, 0.15) is 24.2 Å². The van der Waals surface area contributed by atoms with E-state index in [9.17, 15) is 4.79 Å². The number of aryl methyl sites for hydroxylation is 1. The number of imidazole rings is 1. The lowest BCUT2D eigenvalue weighted by atomic mass is 10.1. The van der Waals surface area contributed by atoms with Crippen molar-refractivity contribution in [3.05, 3.63) is 17.7 Å². The summed E-state index contributed by atoms with van der Waals surface area (Å²) in [4.78, 5) is 26.9. The summed E-state index contributed by atoms with van der Waals surface area (Å²) in [5.74, 6) is 0.254. The van der Waals surface area contributed by atoms with E-state index in [-0.39, 0.29) is 11.9 Å². The summed E-state index contributed by atoms with van der Waals surface area (Å²) in [5, 5.41) is 0. The van der Waals surface area contributed by atoms with Crippen molar-refractivity contribution in [2.75, 3.05) is 53.0 Å². The number of morpholine rings is 1. The van der Waals surface area contributed by atoms with E-state index in [2.05, 4.69) is 26.8 Å². The van der Waals surface area contributed by atoms with Gasteiger partial charge >= 0.3 is 0 Å². The van der Waals surface area contributed by atoms with Gasteiger partial charge in [0.25, 0.3) is 0 Å². The molecule has 2 aliphatic heterocycles. The van der Waals surface area contributed by atoms with Crippen molar-refractivity contribution < 1.29 is 9.53 Å². The SMILES string of the molecule is Cc1[nH]cnc1CN1CCOC[C@@H]1CC(=O)N1CCCN(C)CC1. The lowest BCUT2D eigenvalue weighted by Crippen LogP contribution is -2.48. The van der Waals surface area contributed by atoms with Gasteiger partial charge in [-0.15, -0.1) is 0 Å². The van der Waals surface area contributed by atoms with Crippen molar-refractivity contribution in [3.63, 3.8) is 0 Å². The van der Waals surface area contributed by atoms with Gasteiger partial charge < -0.3 is 19.5 Å². The fourth-order valence-corrected chi connectivity index (χ4v) is 3.45. The lowest BCUT2D eigenvalue weighted by Gasteiger charge is -2.36. The molecule has 134 valence electrons. The molecule has 7 heteroatoms. The molecule has 2 aliphatic rings. The van der Waals surface area contributed by atoms with Crippen molar-refractivity contribution in [2.24, 2.45) is 0 Å². The average molecular weight is 335 g/mol. The molecule has 2 fully saturated rings. The minimum atomic E-state index is 0.142. The van der Waals surface area contributed by atoms with Crippen molar-refractivity contribution in [2.45, 2.75) is 32.4 Å². The Morgan fingerprint density at radius 1 is 1.33 bits per heavy atom. The Morgan fingerprint density at radius 3 is 3.00 bits per heavy atom. The number of carbonyl (C=O) groups excluding carboxylic acids is 1. The second-order valence-electron chi connectivity index (χ2n) is 6.92. The molecule has 3 heterocycles. The van der Waals surface area contributed by atoms with Crippen molar-refractivity contribution in [1.82, 2.24) is 24.7 Å². The van der Waals surface area contributed by atoms with E-state index in [1.165, 1.54) is 0 Å². The minimum absolute atomic E-state index is 0.142. The van der Waals surface area contributed by atoms with E-state index in [0.717, 1.165) is 63.7 Å². The summed E-state index contributed by atoms with van der Waals surface area (Å²) in [6.45, 7) is 8.76. The average Bonchev–Trinajstić information content (AvgIpc) is 2.84. The molecule has 0 aliphatic carbocycles.